The van der Waals surface area contributed by atoms with E-state index >= 15 is 0 Å². The minimum Gasteiger partial charge on any atom is -0.457 e. The molecule has 0 amide bonds. The molecule has 0 atom stereocenters. The Morgan fingerprint density at radius 2 is 1.72 bits per heavy atom. The summed E-state index contributed by atoms with van der Waals surface area (Å²) < 4.78 is 5.86. The first-order valence-corrected chi connectivity index (χ1v) is 6.23. The van der Waals surface area contributed by atoms with Crippen LogP contribution in [-0.4, -0.2) is 6.54 Å². The zero-order valence-electron chi connectivity index (χ0n) is 10.9. The molecule has 18 heavy (non-hydrogen) atoms. The summed E-state index contributed by atoms with van der Waals surface area (Å²) in [5.41, 5.74) is 9.28. The van der Waals surface area contributed by atoms with Crippen molar-refractivity contribution in [3.8, 4) is 11.5 Å². The van der Waals surface area contributed by atoms with Crippen LogP contribution in [0.2, 0.25) is 0 Å². The van der Waals surface area contributed by atoms with Crippen LogP contribution in [0, 0.1) is 13.8 Å². The van der Waals surface area contributed by atoms with E-state index in [4.69, 9.17) is 10.5 Å². The first kappa shape index (κ1) is 12.7. The minimum absolute atomic E-state index is 0.660. The highest BCUT2D eigenvalue weighted by molar-refractivity contribution is 5.38. The quantitative estimate of drug-likeness (QED) is 0.887. The second-order valence-electron chi connectivity index (χ2n) is 4.53. The third-order valence-corrected chi connectivity index (χ3v) is 3.05. The van der Waals surface area contributed by atoms with Gasteiger partial charge < -0.3 is 10.5 Å². The highest BCUT2D eigenvalue weighted by Crippen LogP contribution is 2.24. The number of ether oxygens (including phenoxy) is 1. The lowest BCUT2D eigenvalue weighted by Crippen LogP contribution is -2.02. The van der Waals surface area contributed by atoms with Crippen LogP contribution in [0.1, 0.15) is 16.7 Å². The predicted molar refractivity (Wildman–Crippen MR) is 75.2 cm³/mol. The maximum Gasteiger partial charge on any atom is 0.127 e. The van der Waals surface area contributed by atoms with Crippen LogP contribution in [0.4, 0.5) is 0 Å². The SMILES string of the molecule is Cc1ccc(Oc2cccc(CCN)c2)cc1C. The fourth-order valence-electron chi connectivity index (χ4n) is 1.84. The fraction of sp³-hybridized carbons (Fsp3) is 0.250. The van der Waals surface area contributed by atoms with Crippen molar-refractivity contribution in [1.82, 2.24) is 0 Å². The monoisotopic (exact) mass is 241 g/mol. The van der Waals surface area contributed by atoms with Gasteiger partial charge in [-0.1, -0.05) is 18.2 Å². The van der Waals surface area contributed by atoms with E-state index in [1.165, 1.54) is 16.7 Å². The molecule has 0 aliphatic heterocycles. The van der Waals surface area contributed by atoms with Gasteiger partial charge in [0.2, 0.25) is 0 Å². The van der Waals surface area contributed by atoms with Crippen LogP contribution in [-0.2, 0) is 6.42 Å². The molecular formula is C16H19NO. The molecule has 2 N–H and O–H groups in total. The third-order valence-electron chi connectivity index (χ3n) is 3.05. The van der Waals surface area contributed by atoms with E-state index in [1.54, 1.807) is 0 Å². The average molecular weight is 241 g/mol. The molecule has 0 aliphatic rings. The Balaban J connectivity index is 2.17. The lowest BCUT2D eigenvalue weighted by atomic mass is 10.1. The first-order valence-electron chi connectivity index (χ1n) is 6.23. The molecule has 0 spiro atoms. The van der Waals surface area contributed by atoms with Crippen LogP contribution < -0.4 is 10.5 Å². The highest BCUT2D eigenvalue weighted by Gasteiger charge is 2.00. The lowest BCUT2D eigenvalue weighted by Gasteiger charge is -2.09. The minimum atomic E-state index is 0.660. The van der Waals surface area contributed by atoms with E-state index in [0.717, 1.165) is 17.9 Å². The molecule has 0 saturated carbocycles. The molecule has 0 radical (unpaired) electrons. The second-order valence-corrected chi connectivity index (χ2v) is 4.53. The maximum absolute atomic E-state index is 5.86. The summed E-state index contributed by atoms with van der Waals surface area (Å²) in [6.07, 6.45) is 0.879. The first-order chi connectivity index (χ1) is 8.69. The standard InChI is InChI=1S/C16H19NO/c1-12-6-7-16(10-13(12)2)18-15-5-3-4-14(11-15)8-9-17/h3-7,10-11H,8-9,17H2,1-2H3. The van der Waals surface area contributed by atoms with Crippen molar-refractivity contribution in [2.75, 3.05) is 6.54 Å². The normalized spacial score (nSPS) is 10.4. The fourth-order valence-corrected chi connectivity index (χ4v) is 1.84. The maximum atomic E-state index is 5.86. The van der Waals surface area contributed by atoms with Crippen LogP contribution in [0.3, 0.4) is 0 Å². The molecule has 0 unspecified atom stereocenters. The Labute approximate surface area is 108 Å². The van der Waals surface area contributed by atoms with Crippen LogP contribution >= 0.6 is 0 Å². The molecule has 0 saturated heterocycles. The Morgan fingerprint density at radius 3 is 2.44 bits per heavy atom. The average Bonchev–Trinajstić information content (AvgIpc) is 2.35. The van der Waals surface area contributed by atoms with Crippen molar-refractivity contribution in [1.29, 1.82) is 0 Å². The number of benzene rings is 2. The van der Waals surface area contributed by atoms with Crippen LogP contribution in [0.5, 0.6) is 11.5 Å². The largest absolute Gasteiger partial charge is 0.457 e. The molecule has 0 fully saturated rings. The summed E-state index contributed by atoms with van der Waals surface area (Å²) in [5, 5.41) is 0. The van der Waals surface area contributed by atoms with E-state index < -0.39 is 0 Å². The van der Waals surface area contributed by atoms with Crippen LogP contribution in [0.15, 0.2) is 42.5 Å². The number of hydrogen-bond donors (Lipinski definition) is 1. The van der Waals surface area contributed by atoms with Crippen molar-refractivity contribution in [2.24, 2.45) is 5.73 Å². The summed E-state index contributed by atoms with van der Waals surface area (Å²) in [5.74, 6) is 1.74. The van der Waals surface area contributed by atoms with Gasteiger partial charge in [0.15, 0.2) is 0 Å². The van der Waals surface area contributed by atoms with Gasteiger partial charge in [-0.15, -0.1) is 0 Å². The van der Waals surface area contributed by atoms with Gasteiger partial charge in [0.25, 0.3) is 0 Å². The summed E-state index contributed by atoms with van der Waals surface area (Å²) >= 11 is 0. The van der Waals surface area contributed by atoms with Gasteiger partial charge in [0.05, 0.1) is 0 Å². The van der Waals surface area contributed by atoms with Crippen molar-refractivity contribution in [2.45, 2.75) is 20.3 Å². The number of nitrogens with two attached hydrogens (primary N) is 1. The van der Waals surface area contributed by atoms with Gasteiger partial charge in [0.1, 0.15) is 11.5 Å². The topological polar surface area (TPSA) is 35.2 Å². The van der Waals surface area contributed by atoms with Crippen molar-refractivity contribution in [3.05, 3.63) is 59.2 Å². The molecule has 0 heterocycles. The summed E-state index contributed by atoms with van der Waals surface area (Å²) in [6, 6.07) is 14.2. The van der Waals surface area contributed by atoms with Crippen molar-refractivity contribution >= 4 is 0 Å². The summed E-state index contributed by atoms with van der Waals surface area (Å²) in [6.45, 7) is 4.85. The molecule has 0 aromatic heterocycles. The number of aryl methyl sites for hydroxylation is 2. The molecule has 2 nitrogen and oxygen atoms in total. The Morgan fingerprint density at radius 1 is 0.944 bits per heavy atom. The van der Waals surface area contributed by atoms with Crippen LogP contribution in [0.25, 0.3) is 0 Å². The van der Waals surface area contributed by atoms with Gasteiger partial charge in [0, 0.05) is 0 Å². The molecule has 0 aliphatic carbocycles. The van der Waals surface area contributed by atoms with Gasteiger partial charge >= 0.3 is 0 Å². The molecule has 2 aromatic carbocycles. The predicted octanol–water partition coefficient (Wildman–Crippen LogP) is 3.60. The van der Waals surface area contributed by atoms with Gasteiger partial charge in [-0.2, -0.15) is 0 Å². The van der Waals surface area contributed by atoms with Crippen molar-refractivity contribution in [3.63, 3.8) is 0 Å². The molecule has 2 aromatic rings. The van der Waals surface area contributed by atoms with E-state index in [9.17, 15) is 0 Å². The molecule has 94 valence electrons. The van der Waals surface area contributed by atoms with Gasteiger partial charge in [-0.25, -0.2) is 0 Å². The molecular weight excluding hydrogens is 222 g/mol. The van der Waals surface area contributed by atoms with Gasteiger partial charge in [-0.05, 0) is 67.8 Å². The van der Waals surface area contributed by atoms with E-state index in [0.29, 0.717) is 6.54 Å². The lowest BCUT2D eigenvalue weighted by molar-refractivity contribution is 0.481. The van der Waals surface area contributed by atoms with Crippen molar-refractivity contribution < 1.29 is 4.74 Å². The Hall–Kier alpha value is -1.80. The molecule has 2 rings (SSSR count). The zero-order chi connectivity index (χ0) is 13.0. The highest BCUT2D eigenvalue weighted by atomic mass is 16.5. The Kier molecular flexibility index (Phi) is 4.00. The Bertz CT molecular complexity index is 534. The summed E-state index contributed by atoms with van der Waals surface area (Å²) in [4.78, 5) is 0. The number of rotatable bonds is 4. The number of hydrogen-bond acceptors (Lipinski definition) is 2. The molecule has 0 bridgehead atoms. The molecule has 2 heteroatoms. The smallest absolute Gasteiger partial charge is 0.127 e. The van der Waals surface area contributed by atoms with Gasteiger partial charge in [-0.3, -0.25) is 0 Å². The van der Waals surface area contributed by atoms with E-state index in [2.05, 4.69) is 32.0 Å². The van der Waals surface area contributed by atoms with E-state index in [-0.39, 0.29) is 0 Å². The summed E-state index contributed by atoms with van der Waals surface area (Å²) in [7, 11) is 0. The zero-order valence-corrected chi connectivity index (χ0v) is 10.9. The third kappa shape index (κ3) is 3.11. The second kappa shape index (κ2) is 5.69. The van der Waals surface area contributed by atoms with E-state index in [1.807, 2.05) is 24.3 Å².